The fraction of sp³-hybridized carbons (Fsp3) is 0.333. The molecule has 1 saturated heterocycles. The maximum Gasteiger partial charge on any atom is 0.273 e. The Morgan fingerprint density at radius 3 is 2.79 bits per heavy atom. The summed E-state index contributed by atoms with van der Waals surface area (Å²) < 4.78 is 0. The molecule has 0 bridgehead atoms. The molecule has 2 aliphatic heterocycles. The second kappa shape index (κ2) is 8.57. The molecular formula is C24H24N6O3. The minimum Gasteiger partial charge on any atom is -0.334 e. The summed E-state index contributed by atoms with van der Waals surface area (Å²) in [5.41, 5.74) is 2.71. The fourth-order valence-corrected chi connectivity index (χ4v) is 4.59. The number of nitrogens with one attached hydrogen (secondary N) is 1. The predicted octanol–water partition coefficient (Wildman–Crippen LogP) is 2.04. The van der Waals surface area contributed by atoms with Crippen LogP contribution in [0.4, 0.5) is 0 Å². The SMILES string of the molecule is Cc1cnccc1C(=O)N1CCc2nc([C@H]3CCCN3C(=O)c3ccccn3)[nH]c(=O)c2C1. The van der Waals surface area contributed by atoms with Gasteiger partial charge in [0.2, 0.25) is 0 Å². The molecule has 0 radical (unpaired) electrons. The molecule has 0 spiro atoms. The molecule has 3 aromatic heterocycles. The Balaban J connectivity index is 1.39. The molecule has 168 valence electrons. The van der Waals surface area contributed by atoms with E-state index in [1.807, 2.05) is 6.92 Å². The number of likely N-dealkylation sites (tertiary alicyclic amines) is 1. The Morgan fingerprint density at radius 2 is 2.00 bits per heavy atom. The van der Waals surface area contributed by atoms with Crippen molar-refractivity contribution < 1.29 is 9.59 Å². The second-order valence-corrected chi connectivity index (χ2v) is 8.42. The Labute approximate surface area is 190 Å². The molecule has 33 heavy (non-hydrogen) atoms. The molecule has 0 unspecified atom stereocenters. The normalized spacial score (nSPS) is 17.7. The molecular weight excluding hydrogens is 420 g/mol. The van der Waals surface area contributed by atoms with Gasteiger partial charge in [0.25, 0.3) is 17.4 Å². The summed E-state index contributed by atoms with van der Waals surface area (Å²) in [6.45, 7) is 3.12. The van der Waals surface area contributed by atoms with E-state index in [0.29, 0.717) is 47.8 Å². The van der Waals surface area contributed by atoms with Crippen LogP contribution in [-0.4, -0.2) is 54.6 Å². The van der Waals surface area contributed by atoms with E-state index in [4.69, 9.17) is 4.98 Å². The van der Waals surface area contributed by atoms with Crippen molar-refractivity contribution in [2.24, 2.45) is 0 Å². The first kappa shape index (κ1) is 21.0. The summed E-state index contributed by atoms with van der Waals surface area (Å²) in [6, 6.07) is 6.65. The number of fused-ring (bicyclic) bond motifs is 1. The highest BCUT2D eigenvalue weighted by Gasteiger charge is 2.34. The van der Waals surface area contributed by atoms with E-state index in [2.05, 4.69) is 15.0 Å². The lowest BCUT2D eigenvalue weighted by Gasteiger charge is -2.29. The van der Waals surface area contributed by atoms with Gasteiger partial charge in [-0.2, -0.15) is 0 Å². The lowest BCUT2D eigenvalue weighted by molar-refractivity contribution is 0.0712. The van der Waals surface area contributed by atoms with Gasteiger partial charge in [0.15, 0.2) is 0 Å². The van der Waals surface area contributed by atoms with Crippen molar-refractivity contribution in [3.63, 3.8) is 0 Å². The van der Waals surface area contributed by atoms with Crippen LogP contribution >= 0.6 is 0 Å². The number of carbonyl (C=O) groups excluding carboxylic acids is 2. The zero-order valence-electron chi connectivity index (χ0n) is 18.3. The predicted molar refractivity (Wildman–Crippen MR) is 120 cm³/mol. The fourth-order valence-electron chi connectivity index (χ4n) is 4.59. The minimum absolute atomic E-state index is 0.119. The van der Waals surface area contributed by atoms with Gasteiger partial charge in [0, 0.05) is 43.7 Å². The van der Waals surface area contributed by atoms with Crippen LogP contribution in [0.3, 0.4) is 0 Å². The monoisotopic (exact) mass is 444 g/mol. The molecule has 9 heteroatoms. The van der Waals surface area contributed by atoms with E-state index in [-0.39, 0.29) is 30.0 Å². The number of nitrogens with zero attached hydrogens (tertiary/aromatic N) is 5. The van der Waals surface area contributed by atoms with Gasteiger partial charge in [-0.15, -0.1) is 0 Å². The van der Waals surface area contributed by atoms with Gasteiger partial charge >= 0.3 is 0 Å². The van der Waals surface area contributed by atoms with E-state index in [0.717, 1.165) is 18.4 Å². The van der Waals surface area contributed by atoms with Crippen LogP contribution in [-0.2, 0) is 13.0 Å². The van der Waals surface area contributed by atoms with Crippen molar-refractivity contribution in [1.82, 2.24) is 29.7 Å². The number of hydrogen-bond donors (Lipinski definition) is 1. The van der Waals surface area contributed by atoms with Gasteiger partial charge in [-0.3, -0.25) is 24.4 Å². The lowest BCUT2D eigenvalue weighted by atomic mass is 10.0. The summed E-state index contributed by atoms with van der Waals surface area (Å²) in [4.78, 5) is 58.2. The van der Waals surface area contributed by atoms with E-state index in [1.54, 1.807) is 52.7 Å². The third-order valence-corrected chi connectivity index (χ3v) is 6.34. The van der Waals surface area contributed by atoms with Gasteiger partial charge in [-0.25, -0.2) is 4.98 Å². The standard InChI is InChI=1S/C24H24N6O3/c1-15-13-25-10-7-16(15)23(32)29-12-8-18-17(14-29)22(31)28-21(27-18)20-6-4-11-30(20)24(33)19-5-2-3-9-26-19/h2-3,5,7,9-10,13,20H,4,6,8,11-12,14H2,1H3,(H,27,28,31)/t20-/m1/s1. The zero-order valence-corrected chi connectivity index (χ0v) is 18.3. The highest BCUT2D eigenvalue weighted by molar-refractivity contribution is 5.95. The van der Waals surface area contributed by atoms with Crippen LogP contribution in [0.2, 0.25) is 0 Å². The van der Waals surface area contributed by atoms with Crippen LogP contribution in [0, 0.1) is 6.92 Å². The van der Waals surface area contributed by atoms with Gasteiger partial charge in [-0.1, -0.05) is 6.07 Å². The minimum atomic E-state index is -0.295. The van der Waals surface area contributed by atoms with E-state index in [9.17, 15) is 14.4 Å². The molecule has 5 rings (SSSR count). The number of aromatic nitrogens is 4. The maximum atomic E-state index is 13.0. The Morgan fingerprint density at radius 1 is 1.12 bits per heavy atom. The second-order valence-electron chi connectivity index (χ2n) is 8.42. The smallest absolute Gasteiger partial charge is 0.273 e. The number of amides is 2. The first-order valence-corrected chi connectivity index (χ1v) is 11.1. The quantitative estimate of drug-likeness (QED) is 0.662. The summed E-state index contributed by atoms with van der Waals surface area (Å²) in [6.07, 6.45) is 6.90. The number of rotatable bonds is 3. The molecule has 3 aromatic rings. The van der Waals surface area contributed by atoms with Crippen molar-refractivity contribution in [2.75, 3.05) is 13.1 Å². The van der Waals surface area contributed by atoms with Crippen LogP contribution in [0.15, 0.2) is 47.7 Å². The number of hydrogen-bond acceptors (Lipinski definition) is 6. The van der Waals surface area contributed by atoms with Crippen molar-refractivity contribution in [3.8, 4) is 0 Å². The average Bonchev–Trinajstić information content (AvgIpc) is 3.34. The van der Waals surface area contributed by atoms with E-state index >= 15 is 0 Å². The van der Waals surface area contributed by atoms with Gasteiger partial charge in [0.05, 0.1) is 23.8 Å². The highest BCUT2D eigenvalue weighted by atomic mass is 16.2. The molecule has 9 nitrogen and oxygen atoms in total. The highest BCUT2D eigenvalue weighted by Crippen LogP contribution is 2.31. The third-order valence-electron chi connectivity index (χ3n) is 6.34. The Kier molecular flexibility index (Phi) is 5.45. The van der Waals surface area contributed by atoms with Crippen LogP contribution in [0.5, 0.6) is 0 Å². The van der Waals surface area contributed by atoms with Gasteiger partial charge < -0.3 is 14.8 Å². The van der Waals surface area contributed by atoms with Crippen LogP contribution < -0.4 is 5.56 Å². The molecule has 0 aromatic carbocycles. The summed E-state index contributed by atoms with van der Waals surface area (Å²) in [5, 5.41) is 0. The molecule has 5 heterocycles. The van der Waals surface area contributed by atoms with Gasteiger partial charge in [-0.05, 0) is 43.5 Å². The molecule has 0 aliphatic carbocycles. The maximum absolute atomic E-state index is 13.0. The van der Waals surface area contributed by atoms with Crippen molar-refractivity contribution in [2.45, 2.75) is 38.8 Å². The van der Waals surface area contributed by atoms with Crippen LogP contribution in [0.1, 0.15) is 62.4 Å². The number of aromatic amines is 1. The van der Waals surface area contributed by atoms with Gasteiger partial charge in [0.1, 0.15) is 11.5 Å². The summed E-state index contributed by atoms with van der Waals surface area (Å²) in [7, 11) is 0. The molecule has 2 aliphatic rings. The van der Waals surface area contributed by atoms with E-state index < -0.39 is 0 Å². The first-order chi connectivity index (χ1) is 16.0. The molecule has 1 fully saturated rings. The molecule has 2 amide bonds. The lowest BCUT2D eigenvalue weighted by Crippen LogP contribution is -2.41. The summed E-state index contributed by atoms with van der Waals surface area (Å²) in [5.74, 6) is 0.222. The molecule has 1 N–H and O–H groups in total. The topological polar surface area (TPSA) is 112 Å². The Hall–Kier alpha value is -3.88. The third kappa shape index (κ3) is 3.90. The van der Waals surface area contributed by atoms with Crippen molar-refractivity contribution in [1.29, 1.82) is 0 Å². The number of H-pyrrole nitrogens is 1. The largest absolute Gasteiger partial charge is 0.334 e. The number of carbonyl (C=O) groups is 2. The Bertz CT molecular complexity index is 1270. The average molecular weight is 444 g/mol. The van der Waals surface area contributed by atoms with Crippen molar-refractivity contribution >= 4 is 11.8 Å². The zero-order chi connectivity index (χ0) is 22.9. The molecule has 0 saturated carbocycles. The first-order valence-electron chi connectivity index (χ1n) is 11.1. The number of aryl methyl sites for hydroxylation is 1. The molecule has 1 atom stereocenters. The number of pyridine rings is 2. The summed E-state index contributed by atoms with van der Waals surface area (Å²) >= 11 is 0. The van der Waals surface area contributed by atoms with E-state index in [1.165, 1.54) is 0 Å². The van der Waals surface area contributed by atoms with Crippen molar-refractivity contribution in [3.05, 3.63) is 87.1 Å². The van der Waals surface area contributed by atoms with Crippen LogP contribution in [0.25, 0.3) is 0 Å².